The van der Waals surface area contributed by atoms with Crippen molar-refractivity contribution >= 4 is 23.5 Å². The lowest BCUT2D eigenvalue weighted by Gasteiger charge is -2.36. The first-order valence-corrected chi connectivity index (χ1v) is 10.5. The van der Waals surface area contributed by atoms with Crippen molar-refractivity contribution in [2.45, 2.75) is 19.5 Å². The molecule has 0 atom stereocenters. The van der Waals surface area contributed by atoms with Gasteiger partial charge >= 0.3 is 6.03 Å². The molecule has 2 saturated heterocycles. The molecule has 2 fully saturated rings. The average Bonchev–Trinajstić information content (AvgIpc) is 3.10. The summed E-state index contributed by atoms with van der Waals surface area (Å²) >= 11 is 0. The maximum atomic E-state index is 12.8. The third kappa shape index (κ3) is 3.84. The van der Waals surface area contributed by atoms with Crippen LogP contribution in [-0.2, 0) is 17.9 Å². The van der Waals surface area contributed by atoms with Crippen molar-refractivity contribution < 1.29 is 14.4 Å². The summed E-state index contributed by atoms with van der Waals surface area (Å²) in [6.45, 7) is 5.20. The van der Waals surface area contributed by atoms with Crippen LogP contribution < -0.4 is 10.2 Å². The zero-order chi connectivity index (χ0) is 21.4. The number of benzene rings is 1. The minimum atomic E-state index is -0.538. The Morgan fingerprint density at radius 1 is 0.968 bits per heavy atom. The molecule has 0 radical (unpaired) electrons. The van der Waals surface area contributed by atoms with Crippen molar-refractivity contribution in [1.29, 1.82) is 0 Å². The number of amides is 4. The number of carbonyl (C=O) groups is 3. The van der Waals surface area contributed by atoms with Crippen LogP contribution in [0, 0.1) is 0 Å². The summed E-state index contributed by atoms with van der Waals surface area (Å²) in [4.78, 5) is 45.3. The van der Waals surface area contributed by atoms with Gasteiger partial charge in [-0.1, -0.05) is 12.1 Å². The van der Waals surface area contributed by atoms with Crippen LogP contribution in [0.5, 0.6) is 0 Å². The molecule has 9 heteroatoms. The summed E-state index contributed by atoms with van der Waals surface area (Å²) in [5.74, 6) is -0.507. The monoisotopic (exact) mass is 420 g/mol. The highest BCUT2D eigenvalue weighted by Crippen LogP contribution is 2.27. The van der Waals surface area contributed by atoms with Gasteiger partial charge < -0.3 is 4.90 Å². The first-order chi connectivity index (χ1) is 15.1. The van der Waals surface area contributed by atoms with Gasteiger partial charge in [-0.25, -0.2) is 14.8 Å². The van der Waals surface area contributed by atoms with Crippen LogP contribution in [0.1, 0.15) is 27.9 Å². The molecule has 0 spiro atoms. The Morgan fingerprint density at radius 3 is 2.55 bits per heavy atom. The van der Waals surface area contributed by atoms with Gasteiger partial charge in [-0.3, -0.25) is 24.8 Å². The predicted octanol–water partition coefficient (Wildman–Crippen LogP) is 1.22. The molecule has 31 heavy (non-hydrogen) atoms. The van der Waals surface area contributed by atoms with Crippen LogP contribution in [0.4, 0.5) is 10.5 Å². The van der Waals surface area contributed by atoms with Gasteiger partial charge in [0.1, 0.15) is 0 Å². The molecule has 4 heterocycles. The molecule has 160 valence electrons. The maximum Gasteiger partial charge on any atom is 0.342 e. The molecule has 0 saturated carbocycles. The van der Waals surface area contributed by atoms with E-state index >= 15 is 0 Å². The van der Waals surface area contributed by atoms with E-state index in [1.807, 2.05) is 24.4 Å². The zero-order valence-corrected chi connectivity index (χ0v) is 17.2. The predicted molar refractivity (Wildman–Crippen MR) is 113 cm³/mol. The lowest BCUT2D eigenvalue weighted by molar-refractivity contribution is -0.123. The summed E-state index contributed by atoms with van der Waals surface area (Å²) in [6.07, 6.45) is 3.89. The molecule has 1 N–H and O–H groups in total. The number of urea groups is 1. The minimum absolute atomic E-state index is 0.197. The third-order valence-electron chi connectivity index (χ3n) is 6.07. The van der Waals surface area contributed by atoms with Crippen molar-refractivity contribution in [3.63, 3.8) is 0 Å². The van der Waals surface area contributed by atoms with Crippen molar-refractivity contribution in [1.82, 2.24) is 25.2 Å². The molecule has 1 aromatic carbocycles. The van der Waals surface area contributed by atoms with Gasteiger partial charge in [-0.2, -0.15) is 0 Å². The summed E-state index contributed by atoms with van der Waals surface area (Å²) in [5.41, 5.74) is 3.85. The molecular formula is C22H24N6O3. The highest BCUT2D eigenvalue weighted by Gasteiger charge is 2.36. The molecule has 4 amide bonds. The molecule has 0 aliphatic carbocycles. The summed E-state index contributed by atoms with van der Waals surface area (Å²) in [7, 11) is 0. The van der Waals surface area contributed by atoms with Crippen LogP contribution in [0.3, 0.4) is 0 Å². The SMILES string of the molecule is O=C1CCN(N2Cc3cc(CN4CCN(c5cccnc5)CC4)ccc3C2=O)C(=O)N1. The van der Waals surface area contributed by atoms with E-state index in [1.54, 1.807) is 6.20 Å². The second-order valence-electron chi connectivity index (χ2n) is 8.06. The fourth-order valence-electron chi connectivity index (χ4n) is 4.40. The Hall–Kier alpha value is -3.46. The molecule has 3 aliphatic heterocycles. The number of aromatic nitrogens is 1. The molecule has 2 aromatic rings. The van der Waals surface area contributed by atoms with E-state index in [1.165, 1.54) is 10.0 Å². The summed E-state index contributed by atoms with van der Waals surface area (Å²) in [5, 5.41) is 5.04. The van der Waals surface area contributed by atoms with Crippen molar-refractivity contribution in [3.8, 4) is 0 Å². The number of rotatable bonds is 4. The zero-order valence-electron chi connectivity index (χ0n) is 17.2. The molecule has 0 bridgehead atoms. The number of nitrogens with one attached hydrogen (secondary N) is 1. The molecule has 5 rings (SSSR count). The number of carbonyl (C=O) groups excluding carboxylic acids is 3. The second-order valence-corrected chi connectivity index (χ2v) is 8.06. The van der Waals surface area contributed by atoms with Crippen LogP contribution in [0.25, 0.3) is 0 Å². The Kier molecular flexibility index (Phi) is 5.03. The Morgan fingerprint density at radius 2 is 1.81 bits per heavy atom. The van der Waals surface area contributed by atoms with Crippen LogP contribution in [0.15, 0.2) is 42.7 Å². The Bertz CT molecular complexity index is 1020. The van der Waals surface area contributed by atoms with E-state index < -0.39 is 6.03 Å². The third-order valence-corrected chi connectivity index (χ3v) is 6.07. The van der Waals surface area contributed by atoms with Crippen molar-refractivity contribution in [3.05, 3.63) is 59.4 Å². The fourth-order valence-corrected chi connectivity index (χ4v) is 4.40. The van der Waals surface area contributed by atoms with Gasteiger partial charge in [-0.15, -0.1) is 0 Å². The summed E-state index contributed by atoms with van der Waals surface area (Å²) in [6, 6.07) is 9.42. The normalized spacial score (nSPS) is 19.6. The highest BCUT2D eigenvalue weighted by atomic mass is 16.2. The first kappa shape index (κ1) is 19.5. The first-order valence-electron chi connectivity index (χ1n) is 10.5. The molecule has 3 aliphatic rings. The molecule has 0 unspecified atom stereocenters. The van der Waals surface area contributed by atoms with E-state index in [-0.39, 0.29) is 24.8 Å². The number of pyridine rings is 1. The lowest BCUT2D eigenvalue weighted by Crippen LogP contribution is -2.56. The topological polar surface area (TPSA) is 89.1 Å². The number of piperazine rings is 1. The maximum absolute atomic E-state index is 12.8. The van der Waals surface area contributed by atoms with Crippen LogP contribution in [-0.4, -0.2) is 70.5 Å². The Balaban J connectivity index is 1.22. The number of hydrogen-bond donors (Lipinski definition) is 1. The molecule has 9 nitrogen and oxygen atoms in total. The van der Waals surface area contributed by atoms with E-state index in [9.17, 15) is 14.4 Å². The number of hydrazine groups is 1. The molecule has 1 aromatic heterocycles. The van der Waals surface area contributed by atoms with Gasteiger partial charge in [0, 0.05) is 50.9 Å². The number of nitrogens with zero attached hydrogens (tertiary/aromatic N) is 5. The largest absolute Gasteiger partial charge is 0.368 e. The van der Waals surface area contributed by atoms with Gasteiger partial charge in [0.05, 0.1) is 25.0 Å². The van der Waals surface area contributed by atoms with Gasteiger partial charge in [-0.05, 0) is 29.3 Å². The number of hydrogen-bond acceptors (Lipinski definition) is 6. The van der Waals surface area contributed by atoms with Gasteiger partial charge in [0.25, 0.3) is 5.91 Å². The van der Waals surface area contributed by atoms with E-state index in [0.717, 1.165) is 49.5 Å². The standard InChI is InChI=1S/C22H24N6O3/c29-20-5-7-27(22(31)24-20)28-15-17-12-16(3-4-19(17)21(28)30)14-25-8-10-26(11-9-25)18-2-1-6-23-13-18/h1-4,6,12-13H,5,7-11,14-15H2,(H,24,29,31). The fraction of sp³-hybridized carbons (Fsp3) is 0.364. The minimum Gasteiger partial charge on any atom is -0.368 e. The van der Waals surface area contributed by atoms with E-state index in [2.05, 4.69) is 32.2 Å². The van der Waals surface area contributed by atoms with Crippen LogP contribution >= 0.6 is 0 Å². The van der Waals surface area contributed by atoms with Gasteiger partial charge in [0.2, 0.25) is 5.91 Å². The average molecular weight is 420 g/mol. The molecular weight excluding hydrogens is 396 g/mol. The number of anilines is 1. The van der Waals surface area contributed by atoms with Crippen molar-refractivity contribution in [2.24, 2.45) is 0 Å². The van der Waals surface area contributed by atoms with E-state index in [0.29, 0.717) is 12.1 Å². The number of imide groups is 1. The quantitative estimate of drug-likeness (QED) is 0.800. The van der Waals surface area contributed by atoms with Crippen LogP contribution in [0.2, 0.25) is 0 Å². The highest BCUT2D eigenvalue weighted by molar-refractivity contribution is 6.01. The smallest absolute Gasteiger partial charge is 0.342 e. The summed E-state index contributed by atoms with van der Waals surface area (Å²) < 4.78 is 0. The van der Waals surface area contributed by atoms with E-state index in [4.69, 9.17) is 0 Å². The lowest BCUT2D eigenvalue weighted by atomic mass is 10.1. The second kappa shape index (κ2) is 7.99. The van der Waals surface area contributed by atoms with Crippen molar-refractivity contribution in [2.75, 3.05) is 37.6 Å². The Labute approximate surface area is 180 Å². The number of fused-ring (bicyclic) bond motifs is 1. The van der Waals surface area contributed by atoms with Gasteiger partial charge in [0.15, 0.2) is 0 Å².